The number of carbonyl (C=O) groups excluding carboxylic acids is 1. The van der Waals surface area contributed by atoms with Gasteiger partial charge in [0.2, 0.25) is 5.91 Å². The van der Waals surface area contributed by atoms with Crippen LogP contribution in [0, 0.1) is 11.3 Å². The molecule has 0 aliphatic rings. The van der Waals surface area contributed by atoms with E-state index in [0.717, 1.165) is 5.56 Å². The summed E-state index contributed by atoms with van der Waals surface area (Å²) in [4.78, 5) is 37.8. The summed E-state index contributed by atoms with van der Waals surface area (Å²) in [5.74, 6) is -0.401. The van der Waals surface area contributed by atoms with E-state index < -0.39 is 16.8 Å². The Kier molecular flexibility index (Phi) is 4.86. The molecule has 27 heavy (non-hydrogen) atoms. The van der Waals surface area contributed by atoms with Crippen molar-refractivity contribution in [1.29, 1.82) is 5.26 Å². The molecule has 1 atom stereocenters. The van der Waals surface area contributed by atoms with E-state index in [0.29, 0.717) is 11.3 Å². The van der Waals surface area contributed by atoms with Crippen LogP contribution in [0.4, 0.5) is 17.1 Å². The van der Waals surface area contributed by atoms with E-state index in [1.807, 2.05) is 43.3 Å². The summed E-state index contributed by atoms with van der Waals surface area (Å²) in [6.07, 6.45) is 0. The summed E-state index contributed by atoms with van der Waals surface area (Å²) in [5, 5.41) is 12.0. The van der Waals surface area contributed by atoms with Crippen LogP contribution in [0.1, 0.15) is 31.0 Å². The second-order valence-corrected chi connectivity index (χ2v) is 6.17. The van der Waals surface area contributed by atoms with Crippen molar-refractivity contribution in [2.45, 2.75) is 19.9 Å². The molecule has 3 aromatic carbocycles. The third-order valence-electron chi connectivity index (χ3n) is 4.34. The lowest BCUT2D eigenvalue weighted by Gasteiger charge is -2.26. The van der Waals surface area contributed by atoms with Crippen LogP contribution in [-0.4, -0.2) is 5.91 Å². The first-order valence-corrected chi connectivity index (χ1v) is 8.39. The van der Waals surface area contributed by atoms with Gasteiger partial charge in [-0.3, -0.25) is 19.3 Å². The molecule has 134 valence electrons. The Morgan fingerprint density at radius 1 is 1.04 bits per heavy atom. The lowest BCUT2D eigenvalue weighted by Crippen LogP contribution is -2.42. The van der Waals surface area contributed by atoms with Crippen LogP contribution >= 0.6 is 0 Å². The van der Waals surface area contributed by atoms with E-state index in [-0.39, 0.29) is 17.4 Å². The van der Waals surface area contributed by atoms with Crippen molar-refractivity contribution >= 4 is 23.0 Å². The highest BCUT2D eigenvalue weighted by Crippen LogP contribution is 2.31. The first kappa shape index (κ1) is 18.1. The van der Waals surface area contributed by atoms with Gasteiger partial charge in [-0.05, 0) is 36.8 Å². The Bertz CT molecular complexity index is 1090. The van der Waals surface area contributed by atoms with Gasteiger partial charge in [0.15, 0.2) is 0 Å². The van der Waals surface area contributed by atoms with Gasteiger partial charge in [-0.15, -0.1) is 0 Å². The Morgan fingerprint density at radius 2 is 1.67 bits per heavy atom. The number of benzene rings is 2. The number of carbonyl (C=O) groups is 1. The summed E-state index contributed by atoms with van der Waals surface area (Å²) in [7, 11) is 0. The lowest BCUT2D eigenvalue weighted by atomic mass is 10.1. The van der Waals surface area contributed by atoms with Crippen LogP contribution in [0.2, 0.25) is 0 Å². The van der Waals surface area contributed by atoms with Gasteiger partial charge in [-0.25, -0.2) is 0 Å². The number of anilines is 3. The molecule has 0 fully saturated rings. The quantitative estimate of drug-likeness (QED) is 0.707. The van der Waals surface area contributed by atoms with Gasteiger partial charge < -0.3 is 5.32 Å². The minimum Gasteiger partial charge on any atom is -0.373 e. The number of hydrogen-bond acceptors (Lipinski definition) is 5. The van der Waals surface area contributed by atoms with Gasteiger partial charge in [0, 0.05) is 18.7 Å². The maximum absolute atomic E-state index is 12.2. The molecule has 0 radical (unpaired) electrons. The van der Waals surface area contributed by atoms with Gasteiger partial charge in [0.1, 0.15) is 11.4 Å². The Hall–Kier alpha value is -3.72. The van der Waals surface area contributed by atoms with Crippen molar-refractivity contribution in [3.8, 4) is 6.07 Å². The standard InChI is InChI=1S/C21H17N3O3/c1-13(16-6-4-3-5-7-16)23-18-19(21(27)20(18)26)24(14(2)25)17-10-8-15(12-22)9-11-17/h3-11,13,23H,1-2H3. The van der Waals surface area contributed by atoms with Gasteiger partial charge in [0.05, 0.1) is 11.6 Å². The number of nitriles is 1. The molecule has 1 amide bonds. The first-order chi connectivity index (χ1) is 12.9. The third-order valence-corrected chi connectivity index (χ3v) is 4.34. The zero-order valence-electron chi connectivity index (χ0n) is 14.9. The van der Waals surface area contributed by atoms with Crippen molar-refractivity contribution in [3.05, 3.63) is 86.2 Å². The molecule has 1 unspecified atom stereocenters. The second kappa shape index (κ2) is 7.26. The van der Waals surface area contributed by atoms with E-state index in [1.54, 1.807) is 24.3 Å². The third kappa shape index (κ3) is 3.35. The molecular weight excluding hydrogens is 342 g/mol. The molecule has 0 aromatic heterocycles. The second-order valence-electron chi connectivity index (χ2n) is 6.17. The van der Waals surface area contributed by atoms with Crippen LogP contribution in [0.3, 0.4) is 0 Å². The van der Waals surface area contributed by atoms with Crippen molar-refractivity contribution in [1.82, 2.24) is 0 Å². The molecule has 0 saturated carbocycles. The minimum atomic E-state index is -0.711. The minimum absolute atomic E-state index is 0.0278. The van der Waals surface area contributed by atoms with Crippen molar-refractivity contribution < 1.29 is 4.79 Å². The smallest absolute Gasteiger partial charge is 0.254 e. The molecule has 6 heteroatoms. The molecular formula is C21H17N3O3. The SMILES string of the molecule is CC(=O)N(c1ccc(C#N)cc1)c1c(NC(C)c2ccccc2)c(=O)c1=O. The van der Waals surface area contributed by atoms with Crippen LogP contribution in [0.5, 0.6) is 0 Å². The molecule has 0 spiro atoms. The average molecular weight is 359 g/mol. The highest BCUT2D eigenvalue weighted by molar-refractivity contribution is 6.03. The van der Waals surface area contributed by atoms with Crippen LogP contribution in [-0.2, 0) is 4.79 Å². The zero-order chi connectivity index (χ0) is 19.6. The molecule has 1 N–H and O–H groups in total. The van der Waals surface area contributed by atoms with E-state index in [1.165, 1.54) is 11.8 Å². The normalized spacial score (nSPS) is 11.6. The van der Waals surface area contributed by atoms with Crippen molar-refractivity contribution in [3.63, 3.8) is 0 Å². The monoisotopic (exact) mass is 359 g/mol. The molecule has 0 aliphatic heterocycles. The number of nitrogens with zero attached hydrogens (tertiary/aromatic N) is 2. The summed E-state index contributed by atoms with van der Waals surface area (Å²) in [6.45, 7) is 3.19. The van der Waals surface area contributed by atoms with Gasteiger partial charge in [-0.2, -0.15) is 5.26 Å². The summed E-state index contributed by atoms with van der Waals surface area (Å²) in [6, 6.07) is 17.5. The fraction of sp³-hybridized carbons (Fsp3) is 0.143. The number of rotatable bonds is 5. The van der Waals surface area contributed by atoms with Crippen LogP contribution < -0.4 is 21.1 Å². The topological polar surface area (TPSA) is 90.3 Å². The fourth-order valence-electron chi connectivity index (χ4n) is 2.92. The van der Waals surface area contributed by atoms with Gasteiger partial charge >= 0.3 is 0 Å². The lowest BCUT2D eigenvalue weighted by molar-refractivity contribution is -0.115. The highest BCUT2D eigenvalue weighted by Gasteiger charge is 2.30. The summed E-state index contributed by atoms with van der Waals surface area (Å²) >= 11 is 0. The van der Waals surface area contributed by atoms with Crippen molar-refractivity contribution in [2.24, 2.45) is 0 Å². The Labute approximate surface area is 156 Å². The van der Waals surface area contributed by atoms with E-state index in [2.05, 4.69) is 5.32 Å². The number of amides is 1. The zero-order valence-corrected chi connectivity index (χ0v) is 14.9. The first-order valence-electron chi connectivity index (χ1n) is 8.39. The number of nitrogens with one attached hydrogen (secondary N) is 1. The molecule has 0 saturated heterocycles. The van der Waals surface area contributed by atoms with Gasteiger partial charge in [-0.1, -0.05) is 30.3 Å². The summed E-state index contributed by atoms with van der Waals surface area (Å²) < 4.78 is 0. The molecule has 3 aromatic rings. The fourth-order valence-corrected chi connectivity index (χ4v) is 2.92. The van der Waals surface area contributed by atoms with Crippen LogP contribution in [0.25, 0.3) is 0 Å². The molecule has 6 nitrogen and oxygen atoms in total. The number of hydrogen-bond donors (Lipinski definition) is 1. The molecule has 0 heterocycles. The van der Waals surface area contributed by atoms with E-state index in [4.69, 9.17) is 5.26 Å². The highest BCUT2D eigenvalue weighted by atomic mass is 16.2. The maximum Gasteiger partial charge on any atom is 0.254 e. The molecule has 0 aliphatic carbocycles. The predicted molar refractivity (Wildman–Crippen MR) is 104 cm³/mol. The predicted octanol–water partition coefficient (Wildman–Crippen LogP) is 3.01. The van der Waals surface area contributed by atoms with E-state index >= 15 is 0 Å². The Morgan fingerprint density at radius 3 is 2.22 bits per heavy atom. The molecule has 0 bridgehead atoms. The molecule has 3 rings (SSSR count). The summed E-state index contributed by atoms with van der Waals surface area (Å²) in [5.41, 5.74) is 0.595. The Balaban J connectivity index is 1.99. The van der Waals surface area contributed by atoms with Crippen molar-refractivity contribution in [2.75, 3.05) is 10.2 Å². The van der Waals surface area contributed by atoms with E-state index in [9.17, 15) is 14.4 Å². The largest absolute Gasteiger partial charge is 0.373 e. The van der Waals surface area contributed by atoms with Crippen LogP contribution in [0.15, 0.2) is 64.2 Å². The average Bonchev–Trinajstić information content (AvgIpc) is 2.70. The maximum atomic E-state index is 12.2. The van der Waals surface area contributed by atoms with Gasteiger partial charge in [0.25, 0.3) is 10.9 Å².